The summed E-state index contributed by atoms with van der Waals surface area (Å²) in [6.45, 7) is 2.32. The molecule has 1 amide bonds. The number of aromatic nitrogens is 4. The Morgan fingerprint density at radius 3 is 3.10 bits per heavy atom. The third-order valence-corrected chi connectivity index (χ3v) is 2.87. The van der Waals surface area contributed by atoms with E-state index in [1.807, 2.05) is 25.1 Å². The third kappa shape index (κ3) is 2.49. The number of rotatable bonds is 3. The average Bonchev–Trinajstić information content (AvgIpc) is 2.85. The average molecular weight is 267 g/mol. The Hall–Kier alpha value is -2.76. The van der Waals surface area contributed by atoms with Crippen LogP contribution in [0.1, 0.15) is 21.6 Å². The van der Waals surface area contributed by atoms with E-state index < -0.39 is 0 Å². The predicted molar refractivity (Wildman–Crippen MR) is 73.1 cm³/mol. The fraction of sp³-hybridized carbons (Fsp3) is 0.143. The van der Waals surface area contributed by atoms with Crippen LogP contribution in [0.3, 0.4) is 0 Å². The van der Waals surface area contributed by atoms with Crippen molar-refractivity contribution in [1.29, 1.82) is 0 Å². The van der Waals surface area contributed by atoms with Gasteiger partial charge < -0.3 is 5.32 Å². The fourth-order valence-electron chi connectivity index (χ4n) is 1.90. The zero-order valence-electron chi connectivity index (χ0n) is 10.9. The SMILES string of the molecule is Cc1cc2ncc(C(=O)NCc3cccnc3)cn2n1. The molecule has 0 aromatic carbocycles. The second-order valence-corrected chi connectivity index (χ2v) is 4.48. The van der Waals surface area contributed by atoms with E-state index in [4.69, 9.17) is 0 Å². The first-order valence-corrected chi connectivity index (χ1v) is 6.21. The van der Waals surface area contributed by atoms with Gasteiger partial charge in [0.25, 0.3) is 5.91 Å². The number of nitrogens with zero attached hydrogens (tertiary/aromatic N) is 4. The summed E-state index contributed by atoms with van der Waals surface area (Å²) in [5, 5.41) is 7.07. The van der Waals surface area contributed by atoms with Crippen molar-refractivity contribution in [3.05, 3.63) is 59.8 Å². The normalized spacial score (nSPS) is 10.7. The molecule has 0 saturated carbocycles. The van der Waals surface area contributed by atoms with Crippen LogP contribution in [0, 0.1) is 6.92 Å². The highest BCUT2D eigenvalue weighted by Gasteiger charge is 2.08. The van der Waals surface area contributed by atoms with Gasteiger partial charge >= 0.3 is 0 Å². The summed E-state index contributed by atoms with van der Waals surface area (Å²) in [7, 11) is 0. The van der Waals surface area contributed by atoms with Crippen LogP contribution < -0.4 is 5.32 Å². The molecule has 0 aliphatic carbocycles. The Kier molecular flexibility index (Phi) is 3.12. The molecule has 3 heterocycles. The van der Waals surface area contributed by atoms with Gasteiger partial charge in [0.2, 0.25) is 0 Å². The van der Waals surface area contributed by atoms with Crippen LogP contribution in [0.5, 0.6) is 0 Å². The lowest BCUT2D eigenvalue weighted by Gasteiger charge is -2.05. The minimum absolute atomic E-state index is 0.184. The zero-order chi connectivity index (χ0) is 13.9. The Morgan fingerprint density at radius 1 is 1.40 bits per heavy atom. The molecule has 0 radical (unpaired) electrons. The first-order chi connectivity index (χ1) is 9.72. The molecule has 6 heteroatoms. The molecule has 0 aliphatic rings. The maximum Gasteiger partial charge on any atom is 0.254 e. The predicted octanol–water partition coefficient (Wildman–Crippen LogP) is 1.36. The van der Waals surface area contributed by atoms with Gasteiger partial charge in [-0.15, -0.1) is 0 Å². The van der Waals surface area contributed by atoms with E-state index in [9.17, 15) is 4.79 Å². The number of hydrogen-bond acceptors (Lipinski definition) is 4. The summed E-state index contributed by atoms with van der Waals surface area (Å²) >= 11 is 0. The van der Waals surface area contributed by atoms with Gasteiger partial charge in [0.15, 0.2) is 5.65 Å². The number of hydrogen-bond donors (Lipinski definition) is 1. The van der Waals surface area contributed by atoms with Crippen LogP contribution in [0.4, 0.5) is 0 Å². The van der Waals surface area contributed by atoms with Crippen molar-refractivity contribution >= 4 is 11.6 Å². The van der Waals surface area contributed by atoms with E-state index in [0.717, 1.165) is 16.9 Å². The highest BCUT2D eigenvalue weighted by atomic mass is 16.1. The lowest BCUT2D eigenvalue weighted by Crippen LogP contribution is -2.23. The lowest BCUT2D eigenvalue weighted by atomic mass is 10.2. The second-order valence-electron chi connectivity index (χ2n) is 4.48. The van der Waals surface area contributed by atoms with Gasteiger partial charge in [-0.1, -0.05) is 6.07 Å². The highest BCUT2D eigenvalue weighted by Crippen LogP contribution is 2.05. The molecular formula is C14H13N5O. The molecule has 3 aromatic heterocycles. The molecule has 0 unspecified atom stereocenters. The van der Waals surface area contributed by atoms with Gasteiger partial charge in [-0.25, -0.2) is 9.50 Å². The van der Waals surface area contributed by atoms with E-state index >= 15 is 0 Å². The fourth-order valence-corrected chi connectivity index (χ4v) is 1.90. The van der Waals surface area contributed by atoms with Crippen LogP contribution in [0.25, 0.3) is 5.65 Å². The number of nitrogens with one attached hydrogen (secondary N) is 1. The molecule has 0 saturated heterocycles. The van der Waals surface area contributed by atoms with Crippen molar-refractivity contribution in [2.45, 2.75) is 13.5 Å². The van der Waals surface area contributed by atoms with Crippen molar-refractivity contribution in [1.82, 2.24) is 24.9 Å². The molecule has 20 heavy (non-hydrogen) atoms. The number of pyridine rings is 1. The summed E-state index contributed by atoms with van der Waals surface area (Å²) in [5.74, 6) is -0.184. The van der Waals surface area contributed by atoms with E-state index in [1.165, 1.54) is 0 Å². The van der Waals surface area contributed by atoms with Gasteiger partial charge in [-0.05, 0) is 18.6 Å². The van der Waals surface area contributed by atoms with Crippen LogP contribution in [0.15, 0.2) is 43.0 Å². The van der Waals surface area contributed by atoms with Gasteiger partial charge in [0.1, 0.15) is 0 Å². The molecule has 6 nitrogen and oxygen atoms in total. The van der Waals surface area contributed by atoms with Crippen molar-refractivity contribution in [3.63, 3.8) is 0 Å². The molecular weight excluding hydrogens is 254 g/mol. The van der Waals surface area contributed by atoms with Crippen LogP contribution >= 0.6 is 0 Å². The number of aryl methyl sites for hydroxylation is 1. The minimum Gasteiger partial charge on any atom is -0.348 e. The van der Waals surface area contributed by atoms with E-state index in [0.29, 0.717) is 12.1 Å². The van der Waals surface area contributed by atoms with E-state index in [2.05, 4.69) is 20.4 Å². The maximum absolute atomic E-state index is 12.1. The number of carbonyl (C=O) groups excluding carboxylic acids is 1. The molecule has 0 fully saturated rings. The van der Waals surface area contributed by atoms with E-state index in [1.54, 1.807) is 29.3 Å². The highest BCUT2D eigenvalue weighted by molar-refractivity contribution is 5.93. The van der Waals surface area contributed by atoms with Crippen LogP contribution in [-0.2, 0) is 6.54 Å². The van der Waals surface area contributed by atoms with Crippen LogP contribution in [0.2, 0.25) is 0 Å². The van der Waals surface area contributed by atoms with Gasteiger partial charge in [0.05, 0.1) is 11.3 Å². The Balaban J connectivity index is 1.75. The van der Waals surface area contributed by atoms with Crippen molar-refractivity contribution < 1.29 is 4.79 Å². The number of carbonyl (C=O) groups is 1. The molecule has 0 aliphatic heterocycles. The minimum atomic E-state index is -0.184. The molecule has 0 bridgehead atoms. The third-order valence-electron chi connectivity index (χ3n) is 2.87. The van der Waals surface area contributed by atoms with Gasteiger partial charge in [-0.3, -0.25) is 9.78 Å². The summed E-state index contributed by atoms with van der Waals surface area (Å²) in [5.41, 5.74) is 3.02. The number of amides is 1. The summed E-state index contributed by atoms with van der Waals surface area (Å²) in [4.78, 5) is 20.3. The van der Waals surface area contributed by atoms with Gasteiger partial charge in [-0.2, -0.15) is 5.10 Å². The summed E-state index contributed by atoms with van der Waals surface area (Å²) in [6, 6.07) is 5.60. The second kappa shape index (κ2) is 5.08. The summed E-state index contributed by atoms with van der Waals surface area (Å²) < 4.78 is 1.61. The monoisotopic (exact) mass is 267 g/mol. The Morgan fingerprint density at radius 2 is 2.30 bits per heavy atom. The van der Waals surface area contributed by atoms with Crippen molar-refractivity contribution in [2.24, 2.45) is 0 Å². The molecule has 3 rings (SSSR count). The van der Waals surface area contributed by atoms with Crippen molar-refractivity contribution in [2.75, 3.05) is 0 Å². The van der Waals surface area contributed by atoms with Crippen molar-refractivity contribution in [3.8, 4) is 0 Å². The maximum atomic E-state index is 12.1. The molecule has 0 spiro atoms. The van der Waals surface area contributed by atoms with E-state index in [-0.39, 0.29) is 5.91 Å². The Labute approximate surface area is 115 Å². The van der Waals surface area contributed by atoms with Gasteiger partial charge in [0, 0.05) is 37.4 Å². The topological polar surface area (TPSA) is 72.2 Å². The summed E-state index contributed by atoms with van der Waals surface area (Å²) in [6.07, 6.45) is 6.64. The number of fused-ring (bicyclic) bond motifs is 1. The molecule has 100 valence electrons. The first-order valence-electron chi connectivity index (χ1n) is 6.21. The largest absolute Gasteiger partial charge is 0.348 e. The van der Waals surface area contributed by atoms with Crippen LogP contribution in [-0.4, -0.2) is 25.5 Å². The first kappa shape index (κ1) is 12.3. The molecule has 1 N–H and O–H groups in total. The standard InChI is InChI=1S/C14H13N5O/c1-10-5-13-16-8-12(9-19(13)18-10)14(20)17-7-11-3-2-4-15-6-11/h2-6,8-9H,7H2,1H3,(H,17,20). The molecule has 0 atom stereocenters. The Bertz CT molecular complexity index is 751. The molecule has 3 aromatic rings. The smallest absolute Gasteiger partial charge is 0.254 e. The zero-order valence-corrected chi connectivity index (χ0v) is 10.9. The quantitative estimate of drug-likeness (QED) is 0.777. The lowest BCUT2D eigenvalue weighted by molar-refractivity contribution is 0.0950.